The van der Waals surface area contributed by atoms with E-state index in [1.54, 1.807) is 13.0 Å². The van der Waals surface area contributed by atoms with E-state index >= 15 is 0 Å². The van der Waals surface area contributed by atoms with E-state index in [0.29, 0.717) is 5.75 Å². The van der Waals surface area contributed by atoms with E-state index in [9.17, 15) is 4.79 Å². The average Bonchev–Trinajstić information content (AvgIpc) is 2.54. The van der Waals surface area contributed by atoms with E-state index in [1.165, 1.54) is 0 Å². The van der Waals surface area contributed by atoms with Crippen LogP contribution in [-0.2, 0) is 16.0 Å². The molecule has 2 aromatic rings. The topological polar surface area (TPSA) is 71.9 Å². The fraction of sp³-hybridized carbons (Fsp3) is 0.176. The van der Waals surface area contributed by atoms with Gasteiger partial charge < -0.3 is 15.0 Å². The molecule has 0 bridgehead atoms. The van der Waals surface area contributed by atoms with Gasteiger partial charge in [-0.1, -0.05) is 30.3 Å². The number of benzene rings is 2. The Kier molecular flexibility index (Phi) is 5.46. The first-order valence-electron chi connectivity index (χ1n) is 6.93. The summed E-state index contributed by atoms with van der Waals surface area (Å²) in [6.45, 7) is 1.93. The zero-order valence-electron chi connectivity index (χ0n) is 12.2. The zero-order chi connectivity index (χ0) is 15.8. The Morgan fingerprint density at radius 1 is 1.09 bits per heavy atom. The van der Waals surface area contributed by atoms with Gasteiger partial charge in [0.1, 0.15) is 11.5 Å². The van der Waals surface area contributed by atoms with Crippen molar-refractivity contribution in [2.24, 2.45) is 0 Å². The molecule has 0 aromatic heterocycles. The number of para-hydroxylation sites is 1. The van der Waals surface area contributed by atoms with Gasteiger partial charge in [-0.05, 0) is 36.8 Å². The Morgan fingerprint density at radius 3 is 2.50 bits per heavy atom. The van der Waals surface area contributed by atoms with Crippen LogP contribution in [0.15, 0.2) is 54.6 Å². The Bertz CT molecular complexity index is 692. The molecule has 2 aromatic carbocycles. The molecular weight excluding hydrogens is 280 g/mol. The van der Waals surface area contributed by atoms with E-state index in [0.717, 1.165) is 11.3 Å². The molecule has 112 valence electrons. The molecule has 0 saturated carbocycles. The van der Waals surface area contributed by atoms with E-state index in [2.05, 4.69) is 4.79 Å². The minimum atomic E-state index is -0.626. The van der Waals surface area contributed by atoms with E-state index < -0.39 is 5.97 Å². The number of hydrogen-bond donors (Lipinski definition) is 0. The molecule has 0 spiro atoms. The fourth-order valence-electron chi connectivity index (χ4n) is 1.90. The third kappa shape index (κ3) is 4.30. The first kappa shape index (κ1) is 15.5. The van der Waals surface area contributed by atoms with Gasteiger partial charge in [0.25, 0.3) is 0 Å². The van der Waals surface area contributed by atoms with E-state index in [4.69, 9.17) is 15.0 Å². The quantitative estimate of drug-likeness (QED) is 0.355. The average molecular weight is 296 g/mol. The van der Waals surface area contributed by atoms with Gasteiger partial charge in [0.15, 0.2) is 0 Å². The van der Waals surface area contributed by atoms with Gasteiger partial charge >= 0.3 is 11.7 Å². The van der Waals surface area contributed by atoms with Crippen molar-refractivity contribution in [1.29, 1.82) is 0 Å². The summed E-state index contributed by atoms with van der Waals surface area (Å²) in [6.07, 6.45) is 0.168. The van der Waals surface area contributed by atoms with Crippen LogP contribution in [-0.4, -0.2) is 23.1 Å². The van der Waals surface area contributed by atoms with Crippen LogP contribution in [0.4, 0.5) is 0 Å². The van der Waals surface area contributed by atoms with Crippen molar-refractivity contribution >= 4 is 11.7 Å². The standard InChI is InChI=1S/C17H16N2O3/c1-2-21-17(20)16(19-18)12-13-7-6-10-15(11-13)22-14-8-4-3-5-9-14/h3-11H,2,12H2,1H3. The predicted molar refractivity (Wildman–Crippen MR) is 81.9 cm³/mol. The van der Waals surface area contributed by atoms with Crippen molar-refractivity contribution in [3.8, 4) is 11.5 Å². The van der Waals surface area contributed by atoms with E-state index in [1.807, 2.05) is 48.5 Å². The second-order valence-electron chi connectivity index (χ2n) is 4.51. The Balaban J connectivity index is 2.11. The minimum Gasteiger partial charge on any atom is -0.457 e. The lowest BCUT2D eigenvalue weighted by atomic mass is 10.1. The molecule has 5 heteroatoms. The molecule has 0 heterocycles. The highest BCUT2D eigenvalue weighted by atomic mass is 16.5. The SMILES string of the molecule is CCOC(=O)C(Cc1cccc(Oc2ccccc2)c1)=[N+]=[N-]. The Labute approximate surface area is 128 Å². The largest absolute Gasteiger partial charge is 0.457 e. The van der Waals surface area contributed by atoms with Crippen LogP contribution in [0.25, 0.3) is 5.53 Å². The summed E-state index contributed by atoms with van der Waals surface area (Å²) < 4.78 is 10.6. The highest BCUT2D eigenvalue weighted by Gasteiger charge is 2.22. The number of rotatable bonds is 6. The first-order valence-corrected chi connectivity index (χ1v) is 6.93. The van der Waals surface area contributed by atoms with Gasteiger partial charge in [0, 0.05) is 0 Å². The smallest absolute Gasteiger partial charge is 0.417 e. The molecule has 0 aliphatic heterocycles. The summed E-state index contributed by atoms with van der Waals surface area (Å²) in [7, 11) is 0. The van der Waals surface area contributed by atoms with Crippen molar-refractivity contribution in [2.75, 3.05) is 6.61 Å². The number of esters is 1. The van der Waals surface area contributed by atoms with Crippen LogP contribution in [0.2, 0.25) is 0 Å². The van der Waals surface area contributed by atoms with Gasteiger partial charge in [-0.3, -0.25) is 0 Å². The maximum Gasteiger partial charge on any atom is 0.417 e. The molecule has 0 fully saturated rings. The Hall–Kier alpha value is -2.91. The van der Waals surface area contributed by atoms with Gasteiger partial charge in [-0.25, -0.2) is 4.79 Å². The second-order valence-corrected chi connectivity index (χ2v) is 4.51. The number of ether oxygens (including phenoxy) is 2. The highest BCUT2D eigenvalue weighted by molar-refractivity contribution is 6.34. The summed E-state index contributed by atoms with van der Waals surface area (Å²) in [4.78, 5) is 14.6. The molecule has 0 atom stereocenters. The summed E-state index contributed by atoms with van der Waals surface area (Å²) >= 11 is 0. The van der Waals surface area contributed by atoms with Crippen molar-refractivity contribution < 1.29 is 19.1 Å². The van der Waals surface area contributed by atoms with Crippen LogP contribution in [0.5, 0.6) is 11.5 Å². The highest BCUT2D eigenvalue weighted by Crippen LogP contribution is 2.22. The maximum absolute atomic E-state index is 11.6. The predicted octanol–water partition coefficient (Wildman–Crippen LogP) is 3.26. The first-order chi connectivity index (χ1) is 10.7. The number of hydrogen-bond acceptors (Lipinski definition) is 3. The normalized spacial score (nSPS) is 9.68. The lowest BCUT2D eigenvalue weighted by molar-refractivity contribution is -0.140. The molecule has 0 aliphatic rings. The zero-order valence-corrected chi connectivity index (χ0v) is 12.2. The molecule has 0 aliphatic carbocycles. The molecule has 0 amide bonds. The van der Waals surface area contributed by atoms with Crippen LogP contribution in [0, 0.1) is 0 Å². The van der Waals surface area contributed by atoms with Crippen LogP contribution >= 0.6 is 0 Å². The van der Waals surface area contributed by atoms with E-state index in [-0.39, 0.29) is 18.7 Å². The van der Waals surface area contributed by atoms with Crippen molar-refractivity contribution in [1.82, 2.24) is 0 Å². The van der Waals surface area contributed by atoms with Gasteiger partial charge in [0.2, 0.25) is 0 Å². The lowest BCUT2D eigenvalue weighted by Crippen LogP contribution is -2.20. The maximum atomic E-state index is 11.6. The third-order valence-electron chi connectivity index (χ3n) is 2.88. The summed E-state index contributed by atoms with van der Waals surface area (Å²) in [5, 5.41) is 0. The van der Waals surface area contributed by atoms with Crippen molar-refractivity contribution in [2.45, 2.75) is 13.3 Å². The molecule has 2 rings (SSSR count). The van der Waals surface area contributed by atoms with Gasteiger partial charge in [0.05, 0.1) is 13.0 Å². The Morgan fingerprint density at radius 2 is 1.82 bits per heavy atom. The lowest BCUT2D eigenvalue weighted by Gasteiger charge is -2.06. The molecule has 0 saturated heterocycles. The number of carbonyl (C=O) groups excluding carboxylic acids is 1. The summed E-state index contributed by atoms with van der Waals surface area (Å²) in [6, 6.07) is 16.6. The minimum absolute atomic E-state index is 0.0429. The van der Waals surface area contributed by atoms with Crippen LogP contribution in [0.1, 0.15) is 12.5 Å². The summed E-state index contributed by atoms with van der Waals surface area (Å²) in [5.74, 6) is 0.741. The van der Waals surface area contributed by atoms with Crippen LogP contribution in [0.3, 0.4) is 0 Å². The van der Waals surface area contributed by atoms with Crippen molar-refractivity contribution in [3.05, 3.63) is 65.7 Å². The van der Waals surface area contributed by atoms with Crippen molar-refractivity contribution in [3.63, 3.8) is 0 Å². The van der Waals surface area contributed by atoms with Crippen LogP contribution < -0.4 is 4.74 Å². The second kappa shape index (κ2) is 7.76. The number of nitrogens with zero attached hydrogens (tertiary/aromatic N) is 2. The molecule has 0 N–H and O–H groups in total. The molecule has 5 nitrogen and oxygen atoms in total. The molecule has 0 radical (unpaired) electrons. The third-order valence-corrected chi connectivity index (χ3v) is 2.88. The molecule has 0 unspecified atom stereocenters. The summed E-state index contributed by atoms with van der Waals surface area (Å²) in [5.41, 5.74) is 9.69. The number of carbonyl (C=O) groups is 1. The molecule has 22 heavy (non-hydrogen) atoms. The fourth-order valence-corrected chi connectivity index (χ4v) is 1.90. The molecular formula is C17H16N2O3. The monoisotopic (exact) mass is 296 g/mol. The van der Waals surface area contributed by atoms with Gasteiger partial charge in [-0.15, -0.1) is 0 Å². The van der Waals surface area contributed by atoms with Gasteiger partial charge in [-0.2, -0.15) is 4.79 Å².